The Morgan fingerprint density at radius 3 is 3.07 bits per heavy atom. The molecule has 0 spiro atoms. The van der Waals surface area contributed by atoms with E-state index in [0.29, 0.717) is 0 Å². The Balaban J connectivity index is 2.28. The molecule has 1 unspecified atom stereocenters. The predicted octanol–water partition coefficient (Wildman–Crippen LogP) is 2.38. The first kappa shape index (κ1) is 11.5. The number of hydrogen-bond acceptors (Lipinski definition) is 3. The molecular formula is C10H16BrN3. The summed E-state index contributed by atoms with van der Waals surface area (Å²) in [7, 11) is 0. The minimum absolute atomic E-state index is 0.281. The number of nitrogens with two attached hydrogens (primary N) is 1. The highest BCUT2D eigenvalue weighted by atomic mass is 79.9. The summed E-state index contributed by atoms with van der Waals surface area (Å²) in [5.41, 5.74) is 5.65. The molecule has 0 saturated heterocycles. The van der Waals surface area contributed by atoms with Gasteiger partial charge in [-0.25, -0.2) is 4.98 Å². The van der Waals surface area contributed by atoms with Gasteiger partial charge in [0, 0.05) is 18.8 Å². The van der Waals surface area contributed by atoms with Gasteiger partial charge in [0.2, 0.25) is 0 Å². The lowest BCUT2D eigenvalue weighted by Crippen LogP contribution is -2.16. The van der Waals surface area contributed by atoms with E-state index >= 15 is 0 Å². The first-order chi connectivity index (χ1) is 6.70. The molecule has 0 aliphatic carbocycles. The maximum atomic E-state index is 5.65. The summed E-state index contributed by atoms with van der Waals surface area (Å²) in [6.07, 6.45) is 3.89. The standard InChI is InChI=1S/C10H16BrN3/c1-8(12)4-2-6-13-10-9(11)5-3-7-14-10/h3,5,7-8H,2,4,6,12H2,1H3,(H,13,14). The molecule has 0 aromatic carbocycles. The summed E-state index contributed by atoms with van der Waals surface area (Å²) >= 11 is 3.43. The van der Waals surface area contributed by atoms with Crippen molar-refractivity contribution in [3.8, 4) is 0 Å². The van der Waals surface area contributed by atoms with Crippen LogP contribution in [0.25, 0.3) is 0 Å². The minimum atomic E-state index is 0.281. The summed E-state index contributed by atoms with van der Waals surface area (Å²) < 4.78 is 1.00. The van der Waals surface area contributed by atoms with Gasteiger partial charge in [0.25, 0.3) is 0 Å². The Hall–Kier alpha value is -0.610. The molecule has 0 fully saturated rings. The quantitative estimate of drug-likeness (QED) is 0.797. The Morgan fingerprint density at radius 2 is 2.43 bits per heavy atom. The van der Waals surface area contributed by atoms with Crippen molar-refractivity contribution in [2.75, 3.05) is 11.9 Å². The summed E-state index contributed by atoms with van der Waals surface area (Å²) in [5.74, 6) is 0.900. The number of aromatic nitrogens is 1. The van der Waals surface area contributed by atoms with Crippen LogP contribution in [0.15, 0.2) is 22.8 Å². The minimum Gasteiger partial charge on any atom is -0.369 e. The summed E-state index contributed by atoms with van der Waals surface area (Å²) in [5, 5.41) is 3.25. The third-order valence-corrected chi connectivity index (χ3v) is 2.53. The number of nitrogens with zero attached hydrogens (tertiary/aromatic N) is 1. The van der Waals surface area contributed by atoms with Gasteiger partial charge >= 0.3 is 0 Å². The second kappa shape index (κ2) is 5.98. The van der Waals surface area contributed by atoms with E-state index in [-0.39, 0.29) is 6.04 Å². The summed E-state index contributed by atoms with van der Waals surface area (Å²) in [4.78, 5) is 4.21. The SMILES string of the molecule is CC(N)CCCNc1ncccc1Br. The van der Waals surface area contributed by atoms with E-state index < -0.39 is 0 Å². The van der Waals surface area contributed by atoms with Gasteiger partial charge in [-0.1, -0.05) is 0 Å². The van der Waals surface area contributed by atoms with E-state index in [1.807, 2.05) is 19.1 Å². The van der Waals surface area contributed by atoms with Crippen LogP contribution >= 0.6 is 15.9 Å². The summed E-state index contributed by atoms with van der Waals surface area (Å²) in [6.45, 7) is 2.94. The van der Waals surface area contributed by atoms with Crippen LogP contribution in [0.3, 0.4) is 0 Å². The van der Waals surface area contributed by atoms with E-state index in [0.717, 1.165) is 29.7 Å². The van der Waals surface area contributed by atoms with Gasteiger partial charge in [0.05, 0.1) is 4.47 Å². The van der Waals surface area contributed by atoms with Gasteiger partial charge in [0.15, 0.2) is 0 Å². The summed E-state index contributed by atoms with van der Waals surface area (Å²) in [6, 6.07) is 4.15. The highest BCUT2D eigenvalue weighted by molar-refractivity contribution is 9.10. The highest BCUT2D eigenvalue weighted by Crippen LogP contribution is 2.17. The second-order valence-electron chi connectivity index (χ2n) is 3.38. The van der Waals surface area contributed by atoms with Crippen molar-refractivity contribution in [1.82, 2.24) is 4.98 Å². The maximum absolute atomic E-state index is 5.65. The fraction of sp³-hybridized carbons (Fsp3) is 0.500. The molecule has 1 aromatic heterocycles. The zero-order chi connectivity index (χ0) is 10.4. The molecule has 0 amide bonds. The lowest BCUT2D eigenvalue weighted by Gasteiger charge is -2.08. The topological polar surface area (TPSA) is 50.9 Å². The number of pyridine rings is 1. The highest BCUT2D eigenvalue weighted by Gasteiger charge is 1.98. The molecule has 3 N–H and O–H groups in total. The van der Waals surface area contributed by atoms with Crippen LogP contribution in [0.5, 0.6) is 0 Å². The van der Waals surface area contributed by atoms with Crippen molar-refractivity contribution < 1.29 is 0 Å². The number of rotatable bonds is 5. The van der Waals surface area contributed by atoms with Crippen LogP contribution < -0.4 is 11.1 Å². The molecule has 78 valence electrons. The Morgan fingerprint density at radius 1 is 1.64 bits per heavy atom. The van der Waals surface area contributed by atoms with Crippen molar-refractivity contribution in [1.29, 1.82) is 0 Å². The van der Waals surface area contributed by atoms with Gasteiger partial charge < -0.3 is 11.1 Å². The molecule has 0 radical (unpaired) electrons. The average Bonchev–Trinajstić information content (AvgIpc) is 2.15. The molecular weight excluding hydrogens is 242 g/mol. The van der Waals surface area contributed by atoms with Crippen molar-refractivity contribution in [2.45, 2.75) is 25.8 Å². The lowest BCUT2D eigenvalue weighted by molar-refractivity contribution is 0.639. The van der Waals surface area contributed by atoms with E-state index in [1.54, 1.807) is 6.20 Å². The van der Waals surface area contributed by atoms with Crippen LogP contribution in [0.2, 0.25) is 0 Å². The second-order valence-corrected chi connectivity index (χ2v) is 4.23. The van der Waals surface area contributed by atoms with E-state index in [2.05, 4.69) is 26.2 Å². The average molecular weight is 258 g/mol. The number of anilines is 1. The molecule has 4 heteroatoms. The maximum Gasteiger partial charge on any atom is 0.140 e. The molecule has 0 aliphatic rings. The zero-order valence-corrected chi connectivity index (χ0v) is 9.92. The monoisotopic (exact) mass is 257 g/mol. The fourth-order valence-corrected chi connectivity index (χ4v) is 1.54. The third-order valence-electron chi connectivity index (χ3n) is 1.89. The normalized spacial score (nSPS) is 12.5. The first-order valence-corrected chi connectivity index (χ1v) is 5.59. The van der Waals surface area contributed by atoms with Crippen LogP contribution in [0, 0.1) is 0 Å². The van der Waals surface area contributed by atoms with Gasteiger partial charge in [0.1, 0.15) is 5.82 Å². The van der Waals surface area contributed by atoms with Crippen molar-refractivity contribution in [3.63, 3.8) is 0 Å². The number of hydrogen-bond donors (Lipinski definition) is 2. The van der Waals surface area contributed by atoms with Crippen molar-refractivity contribution in [2.24, 2.45) is 5.73 Å². The smallest absolute Gasteiger partial charge is 0.140 e. The third kappa shape index (κ3) is 4.07. The number of nitrogens with one attached hydrogen (secondary N) is 1. The Bertz CT molecular complexity index is 276. The fourth-order valence-electron chi connectivity index (χ4n) is 1.15. The molecule has 1 heterocycles. The van der Waals surface area contributed by atoms with Crippen LogP contribution in [0.4, 0.5) is 5.82 Å². The first-order valence-electron chi connectivity index (χ1n) is 4.80. The molecule has 0 aliphatic heterocycles. The molecule has 1 atom stereocenters. The predicted molar refractivity (Wildman–Crippen MR) is 63.3 cm³/mol. The van der Waals surface area contributed by atoms with Gasteiger partial charge in [-0.05, 0) is 47.8 Å². The molecule has 1 rings (SSSR count). The molecule has 0 saturated carbocycles. The number of halogens is 1. The molecule has 0 bridgehead atoms. The van der Waals surface area contributed by atoms with Crippen molar-refractivity contribution >= 4 is 21.7 Å². The van der Waals surface area contributed by atoms with Gasteiger partial charge in [-0.3, -0.25) is 0 Å². The Labute approximate surface area is 93.2 Å². The van der Waals surface area contributed by atoms with Crippen LogP contribution in [0.1, 0.15) is 19.8 Å². The van der Waals surface area contributed by atoms with Gasteiger partial charge in [-0.2, -0.15) is 0 Å². The van der Waals surface area contributed by atoms with Crippen LogP contribution in [-0.2, 0) is 0 Å². The lowest BCUT2D eigenvalue weighted by atomic mass is 10.2. The van der Waals surface area contributed by atoms with Crippen molar-refractivity contribution in [3.05, 3.63) is 22.8 Å². The van der Waals surface area contributed by atoms with Gasteiger partial charge in [-0.15, -0.1) is 0 Å². The van der Waals surface area contributed by atoms with E-state index in [9.17, 15) is 0 Å². The molecule has 14 heavy (non-hydrogen) atoms. The largest absolute Gasteiger partial charge is 0.369 e. The molecule has 3 nitrogen and oxygen atoms in total. The van der Waals surface area contributed by atoms with Crippen LogP contribution in [-0.4, -0.2) is 17.6 Å². The Kier molecular flexibility index (Phi) is 4.90. The molecule has 1 aromatic rings. The van der Waals surface area contributed by atoms with E-state index in [1.165, 1.54) is 0 Å². The van der Waals surface area contributed by atoms with E-state index in [4.69, 9.17) is 5.73 Å². The zero-order valence-electron chi connectivity index (χ0n) is 8.33.